The Morgan fingerprint density at radius 2 is 2.16 bits per heavy atom. The van der Waals surface area contributed by atoms with Crippen LogP contribution in [0.4, 0.5) is 0 Å². The Hall–Kier alpha value is -1.66. The minimum absolute atomic E-state index is 0.0132. The third-order valence-electron chi connectivity index (χ3n) is 4.43. The van der Waals surface area contributed by atoms with Gasteiger partial charge in [0.05, 0.1) is 25.1 Å². The van der Waals surface area contributed by atoms with Crippen molar-refractivity contribution in [1.29, 1.82) is 0 Å². The number of carbonyl (C=O) groups is 1. The van der Waals surface area contributed by atoms with Gasteiger partial charge in [-0.2, -0.15) is 0 Å². The van der Waals surface area contributed by atoms with E-state index in [1.165, 1.54) is 0 Å². The first-order valence-corrected chi connectivity index (χ1v) is 9.59. The summed E-state index contributed by atoms with van der Waals surface area (Å²) in [6.07, 6.45) is 1.42. The lowest BCUT2D eigenvalue weighted by Gasteiger charge is -2.31. The molecule has 0 bridgehead atoms. The molecule has 136 valence electrons. The van der Waals surface area contributed by atoms with E-state index in [1.54, 1.807) is 17.6 Å². The summed E-state index contributed by atoms with van der Waals surface area (Å²) in [6, 6.07) is 1.88. The Labute approximate surface area is 153 Å². The number of thiazole rings is 1. The zero-order valence-corrected chi connectivity index (χ0v) is 16.4. The zero-order valence-electron chi connectivity index (χ0n) is 15.5. The zero-order chi connectivity index (χ0) is 18.2. The van der Waals surface area contributed by atoms with Gasteiger partial charge in [0.2, 0.25) is 0 Å². The molecule has 1 atom stereocenters. The average Bonchev–Trinajstić information content (AvgIpc) is 3.23. The first-order chi connectivity index (χ1) is 11.8. The van der Waals surface area contributed by atoms with Crippen LogP contribution in [-0.2, 0) is 10.2 Å². The number of amides is 1. The van der Waals surface area contributed by atoms with E-state index in [4.69, 9.17) is 14.1 Å². The van der Waals surface area contributed by atoms with Crippen molar-refractivity contribution < 1.29 is 13.9 Å². The summed E-state index contributed by atoms with van der Waals surface area (Å²) in [7, 11) is 0. The van der Waals surface area contributed by atoms with Crippen LogP contribution in [0.3, 0.4) is 0 Å². The van der Waals surface area contributed by atoms with Gasteiger partial charge in [0.1, 0.15) is 11.1 Å². The normalized spacial score (nSPS) is 18.8. The maximum atomic E-state index is 12.9. The van der Waals surface area contributed by atoms with Crippen molar-refractivity contribution in [3.8, 4) is 0 Å². The van der Waals surface area contributed by atoms with Crippen LogP contribution in [0, 0.1) is 0 Å². The largest absolute Gasteiger partial charge is 0.459 e. The highest BCUT2D eigenvalue weighted by Gasteiger charge is 2.31. The molecular weight excluding hydrogens is 336 g/mol. The number of nitrogens with zero attached hydrogens (tertiary/aromatic N) is 2. The van der Waals surface area contributed by atoms with Crippen LogP contribution in [0.25, 0.3) is 0 Å². The molecule has 0 aliphatic carbocycles. The lowest BCUT2D eigenvalue weighted by Crippen LogP contribution is -2.42. The minimum atomic E-state index is -0.170. The van der Waals surface area contributed by atoms with Gasteiger partial charge in [-0.15, -0.1) is 11.3 Å². The highest BCUT2D eigenvalue weighted by molar-refractivity contribution is 7.09. The van der Waals surface area contributed by atoms with Crippen molar-refractivity contribution >= 4 is 17.2 Å². The number of hydrogen-bond donors (Lipinski definition) is 0. The molecule has 1 aliphatic heterocycles. The second-order valence-corrected chi connectivity index (χ2v) is 8.68. The Kier molecular flexibility index (Phi) is 5.02. The fourth-order valence-corrected chi connectivity index (χ4v) is 3.94. The Bertz CT molecular complexity index is 742. The van der Waals surface area contributed by atoms with Crippen molar-refractivity contribution in [2.45, 2.75) is 52.1 Å². The highest BCUT2D eigenvalue weighted by Crippen LogP contribution is 2.31. The van der Waals surface area contributed by atoms with Gasteiger partial charge in [0.15, 0.2) is 5.76 Å². The summed E-state index contributed by atoms with van der Waals surface area (Å²) in [5.74, 6) is 0.641. The molecule has 5 nitrogen and oxygen atoms in total. The van der Waals surface area contributed by atoms with Crippen LogP contribution in [0.5, 0.6) is 0 Å². The van der Waals surface area contributed by atoms with Gasteiger partial charge in [-0.25, -0.2) is 4.98 Å². The van der Waals surface area contributed by atoms with Crippen LogP contribution in [-0.4, -0.2) is 35.5 Å². The number of morpholine rings is 1. The number of aromatic nitrogens is 1. The molecule has 3 heterocycles. The molecule has 2 aromatic heterocycles. The third-order valence-corrected chi connectivity index (χ3v) is 5.37. The van der Waals surface area contributed by atoms with Gasteiger partial charge in [0.25, 0.3) is 5.91 Å². The Morgan fingerprint density at radius 3 is 2.80 bits per heavy atom. The number of hydrogen-bond acceptors (Lipinski definition) is 5. The fraction of sp³-hybridized carbons (Fsp3) is 0.579. The summed E-state index contributed by atoms with van der Waals surface area (Å²) in [5, 5.41) is 3.02. The van der Waals surface area contributed by atoms with E-state index in [-0.39, 0.29) is 23.3 Å². The summed E-state index contributed by atoms with van der Waals surface area (Å²) in [6.45, 7) is 12.2. The van der Waals surface area contributed by atoms with Crippen LogP contribution < -0.4 is 0 Å². The van der Waals surface area contributed by atoms with Crippen LogP contribution in [0.1, 0.15) is 73.5 Å². The monoisotopic (exact) mass is 362 g/mol. The van der Waals surface area contributed by atoms with Crippen LogP contribution >= 0.6 is 11.3 Å². The maximum absolute atomic E-state index is 12.9. The lowest BCUT2D eigenvalue weighted by molar-refractivity contribution is -0.0240. The summed E-state index contributed by atoms with van der Waals surface area (Å²) < 4.78 is 11.4. The summed E-state index contributed by atoms with van der Waals surface area (Å²) in [4.78, 5) is 19.4. The molecule has 0 aromatic carbocycles. The molecule has 1 fully saturated rings. The molecule has 1 unspecified atom stereocenters. The minimum Gasteiger partial charge on any atom is -0.459 e. The van der Waals surface area contributed by atoms with E-state index in [0.717, 1.165) is 16.3 Å². The number of rotatable bonds is 3. The van der Waals surface area contributed by atoms with Gasteiger partial charge < -0.3 is 14.1 Å². The molecule has 0 spiro atoms. The van der Waals surface area contributed by atoms with E-state index >= 15 is 0 Å². The standard InChI is InChI=1S/C19H26N2O3S/c1-12(2)13-6-8-24-16(13)18(22)21-7-9-23-14(10-21)17-20-15(11-25-17)19(3,4)5/h6,8,11-12,14H,7,9-10H2,1-5H3. The van der Waals surface area contributed by atoms with Gasteiger partial charge >= 0.3 is 0 Å². The Balaban J connectivity index is 1.76. The molecule has 2 aromatic rings. The third kappa shape index (κ3) is 3.80. The smallest absolute Gasteiger partial charge is 0.290 e. The predicted molar refractivity (Wildman–Crippen MR) is 98.2 cm³/mol. The van der Waals surface area contributed by atoms with Gasteiger partial charge in [-0.05, 0) is 12.0 Å². The van der Waals surface area contributed by atoms with Gasteiger partial charge in [-0.1, -0.05) is 34.6 Å². The van der Waals surface area contributed by atoms with E-state index in [9.17, 15) is 4.79 Å². The first kappa shape index (κ1) is 18.1. The van der Waals surface area contributed by atoms with Crippen molar-refractivity contribution in [2.75, 3.05) is 19.7 Å². The lowest BCUT2D eigenvalue weighted by atomic mass is 9.93. The molecule has 3 rings (SSSR count). The second-order valence-electron chi connectivity index (χ2n) is 7.79. The molecule has 0 N–H and O–H groups in total. The van der Waals surface area contributed by atoms with Gasteiger partial charge in [-0.3, -0.25) is 4.79 Å². The van der Waals surface area contributed by atoms with Crippen molar-refractivity contribution in [2.24, 2.45) is 0 Å². The first-order valence-electron chi connectivity index (χ1n) is 8.71. The predicted octanol–water partition coefficient (Wildman–Crippen LogP) is 4.37. The topological polar surface area (TPSA) is 55.6 Å². The molecule has 25 heavy (non-hydrogen) atoms. The van der Waals surface area contributed by atoms with Crippen LogP contribution in [0.2, 0.25) is 0 Å². The summed E-state index contributed by atoms with van der Waals surface area (Å²) >= 11 is 1.60. The van der Waals surface area contributed by atoms with Crippen LogP contribution in [0.15, 0.2) is 22.1 Å². The van der Waals surface area contributed by atoms with E-state index in [1.807, 2.05) is 11.0 Å². The molecule has 0 saturated carbocycles. The van der Waals surface area contributed by atoms with E-state index in [2.05, 4.69) is 40.0 Å². The van der Waals surface area contributed by atoms with Crippen molar-refractivity contribution in [3.63, 3.8) is 0 Å². The molecular formula is C19H26N2O3S. The van der Waals surface area contributed by atoms with Crippen molar-refractivity contribution in [3.05, 3.63) is 39.7 Å². The highest BCUT2D eigenvalue weighted by atomic mass is 32.1. The quantitative estimate of drug-likeness (QED) is 0.813. The fourth-order valence-electron chi connectivity index (χ4n) is 2.85. The van der Waals surface area contributed by atoms with Crippen molar-refractivity contribution in [1.82, 2.24) is 9.88 Å². The number of ether oxygens (including phenoxy) is 1. The molecule has 1 amide bonds. The molecule has 1 aliphatic rings. The van der Waals surface area contributed by atoms with Gasteiger partial charge in [0, 0.05) is 22.9 Å². The number of carbonyl (C=O) groups excluding carboxylic acids is 1. The number of furan rings is 1. The maximum Gasteiger partial charge on any atom is 0.290 e. The van der Waals surface area contributed by atoms with E-state index < -0.39 is 0 Å². The molecule has 6 heteroatoms. The Morgan fingerprint density at radius 1 is 1.40 bits per heavy atom. The van der Waals surface area contributed by atoms with E-state index in [0.29, 0.717) is 25.5 Å². The summed E-state index contributed by atoms with van der Waals surface area (Å²) in [5.41, 5.74) is 2.03. The molecule has 0 radical (unpaired) electrons. The SMILES string of the molecule is CC(C)c1ccoc1C(=O)N1CCOC(c2nc(C(C)(C)C)cs2)C1. The second kappa shape index (κ2) is 6.92. The molecule has 1 saturated heterocycles. The average molecular weight is 362 g/mol.